The zero-order valence-electron chi connectivity index (χ0n) is 9.84. The third-order valence-corrected chi connectivity index (χ3v) is 2.68. The molecule has 0 saturated carbocycles. The molecule has 0 heterocycles. The van der Waals surface area contributed by atoms with Crippen LogP contribution in [0.2, 0.25) is 0 Å². The predicted molar refractivity (Wildman–Crippen MR) is 61.1 cm³/mol. The molecule has 1 aromatic rings. The van der Waals surface area contributed by atoms with Crippen molar-refractivity contribution in [2.45, 2.75) is 38.4 Å². The lowest BCUT2D eigenvalue weighted by atomic mass is 9.77. The van der Waals surface area contributed by atoms with Crippen LogP contribution in [0.15, 0.2) is 24.3 Å². The molecule has 0 saturated heterocycles. The second-order valence-corrected chi connectivity index (χ2v) is 3.90. The van der Waals surface area contributed by atoms with Gasteiger partial charge in [-0.15, -0.1) is 0 Å². The molecule has 0 unspecified atom stereocenters. The van der Waals surface area contributed by atoms with Crippen LogP contribution in [0.4, 0.5) is 13.2 Å². The molecular formula is C12H14BF3O. The molecule has 1 aromatic carbocycles. The van der Waals surface area contributed by atoms with E-state index in [0.29, 0.717) is 12.8 Å². The largest absolute Gasteiger partial charge is 0.497 e. The van der Waals surface area contributed by atoms with Crippen molar-refractivity contribution >= 4 is 7.85 Å². The predicted octanol–water partition coefficient (Wildman–Crippen LogP) is 3.77. The Morgan fingerprint density at radius 3 is 2.24 bits per heavy atom. The Morgan fingerprint density at radius 1 is 1.18 bits per heavy atom. The maximum atomic E-state index is 12.5. The SMILES string of the molecule is [B]C(CC)(CC)Oc1cccc(C(F)(F)F)c1. The van der Waals surface area contributed by atoms with E-state index in [1.165, 1.54) is 12.1 Å². The van der Waals surface area contributed by atoms with Gasteiger partial charge in [0.05, 0.1) is 11.1 Å². The van der Waals surface area contributed by atoms with E-state index in [2.05, 4.69) is 0 Å². The molecule has 17 heavy (non-hydrogen) atoms. The standard InChI is InChI=1S/C12H14BF3O/c1-3-11(13,4-2)17-10-7-5-6-9(8-10)12(14,15)16/h5-8H,3-4H2,1-2H3. The number of halogens is 3. The molecule has 0 aliphatic rings. The normalized spacial score (nSPS) is 12.5. The maximum Gasteiger partial charge on any atom is 0.416 e. The summed E-state index contributed by atoms with van der Waals surface area (Å²) in [5.41, 5.74) is -1.64. The monoisotopic (exact) mass is 242 g/mol. The highest BCUT2D eigenvalue weighted by Crippen LogP contribution is 2.32. The number of hydrogen-bond acceptors (Lipinski definition) is 1. The Labute approximate surface area is 100 Å². The minimum atomic E-state index is -4.37. The van der Waals surface area contributed by atoms with Gasteiger partial charge in [0.25, 0.3) is 0 Å². The first-order chi connectivity index (χ1) is 7.80. The summed E-state index contributed by atoms with van der Waals surface area (Å²) in [6.07, 6.45) is -3.31. The molecule has 92 valence electrons. The Bertz CT molecular complexity index is 372. The van der Waals surface area contributed by atoms with Gasteiger partial charge in [-0.3, -0.25) is 0 Å². The fraction of sp³-hybridized carbons (Fsp3) is 0.500. The molecule has 2 radical (unpaired) electrons. The van der Waals surface area contributed by atoms with Crippen LogP contribution in [0.3, 0.4) is 0 Å². The number of alkyl halides is 3. The fourth-order valence-electron chi connectivity index (χ4n) is 1.36. The molecule has 0 amide bonds. The zero-order valence-corrected chi connectivity index (χ0v) is 9.84. The van der Waals surface area contributed by atoms with E-state index in [-0.39, 0.29) is 5.75 Å². The molecule has 1 rings (SSSR count). The smallest absolute Gasteiger partial charge is 0.416 e. The first-order valence-corrected chi connectivity index (χ1v) is 5.46. The summed E-state index contributed by atoms with van der Waals surface area (Å²) in [5, 5.41) is 0. The van der Waals surface area contributed by atoms with Gasteiger partial charge in [0.1, 0.15) is 13.6 Å². The van der Waals surface area contributed by atoms with Crippen molar-refractivity contribution in [3.8, 4) is 5.75 Å². The van der Waals surface area contributed by atoms with Gasteiger partial charge >= 0.3 is 6.18 Å². The molecule has 5 heteroatoms. The molecule has 0 aromatic heterocycles. The van der Waals surface area contributed by atoms with Crippen molar-refractivity contribution in [3.63, 3.8) is 0 Å². The summed E-state index contributed by atoms with van der Waals surface area (Å²) in [6, 6.07) is 4.75. The molecule has 0 spiro atoms. The molecule has 0 aliphatic carbocycles. The molecule has 0 fully saturated rings. The summed E-state index contributed by atoms with van der Waals surface area (Å²) in [5.74, 6) is 0.144. The van der Waals surface area contributed by atoms with Gasteiger partial charge in [0.15, 0.2) is 0 Å². The number of hydrogen-bond donors (Lipinski definition) is 0. The Hall–Kier alpha value is -1.13. The quantitative estimate of drug-likeness (QED) is 0.730. The van der Waals surface area contributed by atoms with Gasteiger partial charge in [0.2, 0.25) is 0 Å². The van der Waals surface area contributed by atoms with Crippen LogP contribution in [0.1, 0.15) is 32.3 Å². The third kappa shape index (κ3) is 3.68. The molecule has 0 atom stereocenters. The lowest BCUT2D eigenvalue weighted by molar-refractivity contribution is -0.137. The molecule has 0 bridgehead atoms. The summed E-state index contributed by atoms with van der Waals surface area (Å²) >= 11 is 0. The summed E-state index contributed by atoms with van der Waals surface area (Å²) < 4.78 is 42.8. The van der Waals surface area contributed by atoms with E-state index in [4.69, 9.17) is 12.6 Å². The van der Waals surface area contributed by atoms with E-state index in [9.17, 15) is 13.2 Å². The molecule has 0 N–H and O–H groups in total. The van der Waals surface area contributed by atoms with Gasteiger partial charge in [-0.1, -0.05) is 19.9 Å². The highest BCUT2D eigenvalue weighted by molar-refractivity contribution is 6.14. The second kappa shape index (κ2) is 5.02. The topological polar surface area (TPSA) is 9.23 Å². The Morgan fingerprint density at radius 2 is 1.76 bits per heavy atom. The lowest BCUT2D eigenvalue weighted by Crippen LogP contribution is -2.35. The fourth-order valence-corrected chi connectivity index (χ4v) is 1.36. The summed E-state index contributed by atoms with van der Waals surface area (Å²) in [6.45, 7) is 3.66. The van der Waals surface area contributed by atoms with Crippen LogP contribution in [-0.2, 0) is 6.18 Å². The van der Waals surface area contributed by atoms with Crippen molar-refractivity contribution in [3.05, 3.63) is 29.8 Å². The molecule has 0 aliphatic heterocycles. The molecular weight excluding hydrogens is 228 g/mol. The third-order valence-electron chi connectivity index (χ3n) is 2.68. The Balaban J connectivity index is 2.93. The minimum Gasteiger partial charge on any atom is -0.497 e. The number of ether oxygens (including phenoxy) is 1. The highest BCUT2D eigenvalue weighted by atomic mass is 19.4. The van der Waals surface area contributed by atoms with Gasteiger partial charge < -0.3 is 4.74 Å². The average Bonchev–Trinajstić information content (AvgIpc) is 2.28. The number of benzene rings is 1. The second-order valence-electron chi connectivity index (χ2n) is 3.90. The Kier molecular flexibility index (Phi) is 4.12. The van der Waals surface area contributed by atoms with E-state index in [1.807, 2.05) is 13.8 Å². The maximum absolute atomic E-state index is 12.5. The van der Waals surface area contributed by atoms with E-state index in [0.717, 1.165) is 12.1 Å². The highest BCUT2D eigenvalue weighted by Gasteiger charge is 2.31. The minimum absolute atomic E-state index is 0.144. The van der Waals surface area contributed by atoms with Gasteiger partial charge in [-0.2, -0.15) is 13.2 Å². The van der Waals surface area contributed by atoms with Crippen LogP contribution < -0.4 is 4.74 Å². The van der Waals surface area contributed by atoms with Crippen LogP contribution in [-0.4, -0.2) is 13.3 Å². The van der Waals surface area contributed by atoms with Crippen LogP contribution in [0.5, 0.6) is 5.75 Å². The van der Waals surface area contributed by atoms with Crippen molar-refractivity contribution < 1.29 is 17.9 Å². The zero-order chi connectivity index (χ0) is 13.1. The summed E-state index contributed by atoms with van der Waals surface area (Å²) in [7, 11) is 5.88. The molecule has 1 nitrogen and oxygen atoms in total. The van der Waals surface area contributed by atoms with Crippen molar-refractivity contribution in [1.82, 2.24) is 0 Å². The number of rotatable bonds is 4. The van der Waals surface area contributed by atoms with Gasteiger partial charge in [-0.05, 0) is 31.0 Å². The van der Waals surface area contributed by atoms with Crippen molar-refractivity contribution in [2.75, 3.05) is 0 Å². The van der Waals surface area contributed by atoms with E-state index in [1.54, 1.807) is 0 Å². The van der Waals surface area contributed by atoms with E-state index < -0.39 is 17.2 Å². The van der Waals surface area contributed by atoms with Crippen LogP contribution >= 0.6 is 0 Å². The summed E-state index contributed by atoms with van der Waals surface area (Å²) in [4.78, 5) is 0. The van der Waals surface area contributed by atoms with Gasteiger partial charge in [0, 0.05) is 0 Å². The van der Waals surface area contributed by atoms with E-state index >= 15 is 0 Å². The lowest BCUT2D eigenvalue weighted by Gasteiger charge is -2.29. The van der Waals surface area contributed by atoms with Crippen LogP contribution in [0.25, 0.3) is 0 Å². The average molecular weight is 242 g/mol. The first-order valence-electron chi connectivity index (χ1n) is 5.46. The van der Waals surface area contributed by atoms with Crippen molar-refractivity contribution in [1.29, 1.82) is 0 Å². The first kappa shape index (κ1) is 13.9. The van der Waals surface area contributed by atoms with Crippen molar-refractivity contribution in [2.24, 2.45) is 0 Å². The van der Waals surface area contributed by atoms with Crippen LogP contribution in [0, 0.1) is 0 Å². The van der Waals surface area contributed by atoms with Gasteiger partial charge in [-0.25, -0.2) is 0 Å².